The summed E-state index contributed by atoms with van der Waals surface area (Å²) in [6, 6.07) is 13.5. The number of piperazine rings is 1. The lowest BCUT2D eigenvalue weighted by Crippen LogP contribution is -2.54. The largest absolute Gasteiger partial charge is 0.354 e. The number of rotatable bonds is 8. The zero-order valence-corrected chi connectivity index (χ0v) is 33.3. The van der Waals surface area contributed by atoms with E-state index in [1.807, 2.05) is 30.5 Å². The fraction of sp³-hybridized carbons (Fsp3) is 0.386. The van der Waals surface area contributed by atoms with Crippen molar-refractivity contribution in [3.63, 3.8) is 0 Å². The van der Waals surface area contributed by atoms with Gasteiger partial charge in [0.15, 0.2) is 5.65 Å². The van der Waals surface area contributed by atoms with Crippen LogP contribution in [0.2, 0.25) is 0 Å². The lowest BCUT2D eigenvalue weighted by molar-refractivity contribution is -0.136. The summed E-state index contributed by atoms with van der Waals surface area (Å²) in [6.45, 7) is 6.07. The summed E-state index contributed by atoms with van der Waals surface area (Å²) in [5.74, 6) is -3.13. The fourth-order valence-electron chi connectivity index (χ4n) is 9.80. The minimum Gasteiger partial charge on any atom is -0.354 e. The summed E-state index contributed by atoms with van der Waals surface area (Å²) in [4.78, 5) is 70.5. The van der Waals surface area contributed by atoms with E-state index in [9.17, 15) is 28.0 Å². The van der Waals surface area contributed by atoms with Gasteiger partial charge in [-0.15, -0.1) is 0 Å². The maximum absolute atomic E-state index is 15.4. The molecule has 0 saturated carbocycles. The molecule has 4 saturated heterocycles. The van der Waals surface area contributed by atoms with E-state index in [1.165, 1.54) is 18.2 Å². The normalized spacial score (nSPS) is 21.9. The minimum absolute atomic E-state index is 0.00575. The summed E-state index contributed by atoms with van der Waals surface area (Å²) in [7, 11) is 0. The number of fused-ring (bicyclic) bond motifs is 2. The monoisotopic (exact) mass is 832 g/mol. The molecule has 4 fully saturated rings. The molecule has 14 nitrogen and oxygen atoms in total. The lowest BCUT2D eigenvalue weighted by Gasteiger charge is -2.43. The van der Waals surface area contributed by atoms with Crippen molar-refractivity contribution in [3.8, 4) is 11.3 Å². The number of benzene rings is 2. The molecule has 5 aromatic rings. The van der Waals surface area contributed by atoms with Crippen LogP contribution < -0.4 is 15.1 Å². The van der Waals surface area contributed by atoms with Crippen LogP contribution >= 0.6 is 0 Å². The molecule has 2 atom stereocenters. The first-order valence-electron chi connectivity index (χ1n) is 20.9. The number of nitrogens with zero attached hydrogens (tertiary/aromatic N) is 9. The number of pyridine rings is 1. The highest BCUT2D eigenvalue weighted by atomic mass is 19.1. The topological polar surface area (TPSA) is 140 Å². The summed E-state index contributed by atoms with van der Waals surface area (Å²) < 4.78 is 45.6. The molecule has 1 unspecified atom stereocenters. The molecule has 4 amide bonds. The quantitative estimate of drug-likeness (QED) is 0.217. The number of amides is 4. The van der Waals surface area contributed by atoms with Gasteiger partial charge in [0.25, 0.3) is 11.8 Å². The van der Waals surface area contributed by atoms with Crippen LogP contribution in [0.4, 0.5) is 24.8 Å². The third-order valence-corrected chi connectivity index (χ3v) is 12.9. The molecule has 61 heavy (non-hydrogen) atoms. The van der Waals surface area contributed by atoms with Crippen LogP contribution in [-0.4, -0.2) is 116 Å². The van der Waals surface area contributed by atoms with E-state index in [0.717, 1.165) is 93.0 Å². The summed E-state index contributed by atoms with van der Waals surface area (Å²) in [5.41, 5.74) is 2.86. The van der Waals surface area contributed by atoms with Gasteiger partial charge < -0.3 is 9.80 Å². The van der Waals surface area contributed by atoms with E-state index in [0.29, 0.717) is 41.7 Å². The first-order chi connectivity index (χ1) is 29.6. The molecule has 5 aliphatic rings. The Morgan fingerprint density at radius 2 is 1.56 bits per heavy atom. The number of nitrogens with one attached hydrogen (secondary N) is 1. The van der Waals surface area contributed by atoms with Crippen molar-refractivity contribution in [3.05, 3.63) is 107 Å². The Labute approximate surface area is 348 Å². The van der Waals surface area contributed by atoms with Crippen LogP contribution in [0.3, 0.4) is 0 Å². The number of likely N-dealkylation sites (tertiary alicyclic amines) is 1. The molecule has 0 bridgehead atoms. The Morgan fingerprint density at radius 1 is 0.738 bits per heavy atom. The maximum atomic E-state index is 15.4. The van der Waals surface area contributed by atoms with Crippen molar-refractivity contribution in [2.24, 2.45) is 0 Å². The van der Waals surface area contributed by atoms with Crippen LogP contribution in [0, 0.1) is 17.5 Å². The summed E-state index contributed by atoms with van der Waals surface area (Å²) in [6.07, 6.45) is 7.09. The molecule has 314 valence electrons. The highest BCUT2D eigenvalue weighted by Crippen LogP contribution is 2.38. The zero-order valence-electron chi connectivity index (χ0n) is 33.3. The SMILES string of the molecule is O=C1CCC(N2C(=O)c3cc(CN4CCC(N5CCN(c6cccc(-c7cnn8ccc(N9CCC[C@@H]9c9ccc(F)cc9F)nc78)n6)CC5)CC4)cc(F)c3C2=O)C(=O)N1. The van der Waals surface area contributed by atoms with E-state index < -0.39 is 47.1 Å². The van der Waals surface area contributed by atoms with Gasteiger partial charge in [-0.3, -0.25) is 39.2 Å². The first kappa shape index (κ1) is 39.0. The van der Waals surface area contributed by atoms with Gasteiger partial charge in [-0.05, 0) is 87.2 Å². The van der Waals surface area contributed by atoms with Crippen molar-refractivity contribution < 1.29 is 32.3 Å². The lowest BCUT2D eigenvalue weighted by atomic mass is 10.0. The molecule has 3 aromatic heterocycles. The Bertz CT molecular complexity index is 2590. The number of hydrogen-bond donors (Lipinski definition) is 1. The molecule has 0 radical (unpaired) electrons. The standard InChI is InChI=1S/C44H43F3N10O4/c45-27-6-7-29(32(46)23-27)35-4-2-13-55(35)38-12-16-56-41(50-38)31(24-48-56)34-3-1-5-37(49-34)54-19-17-53(18-20-54)28-10-14-52(15-11-28)25-26-21-30-40(33(47)22-26)44(61)57(43(30)60)36-8-9-39(58)51-42(36)59/h1,3,5-7,12,16,21-24,28,35-36H,2,4,8-11,13-15,17-20,25H2,(H,51,58,59)/t35-,36?/m1/s1. The van der Waals surface area contributed by atoms with Gasteiger partial charge in [0.1, 0.15) is 35.1 Å². The van der Waals surface area contributed by atoms with Crippen LogP contribution in [0.25, 0.3) is 16.9 Å². The van der Waals surface area contributed by atoms with E-state index >= 15 is 4.39 Å². The molecule has 0 spiro atoms. The van der Waals surface area contributed by atoms with Crippen LogP contribution in [0.15, 0.2) is 67.0 Å². The second-order valence-electron chi connectivity index (χ2n) is 16.5. The van der Waals surface area contributed by atoms with E-state index in [1.54, 1.807) is 16.8 Å². The van der Waals surface area contributed by atoms with Crippen LogP contribution in [0.5, 0.6) is 0 Å². The number of piperidine rings is 2. The highest BCUT2D eigenvalue weighted by molar-refractivity contribution is 6.23. The molecular weight excluding hydrogens is 790 g/mol. The van der Waals surface area contributed by atoms with Gasteiger partial charge in [-0.1, -0.05) is 12.1 Å². The van der Waals surface area contributed by atoms with Gasteiger partial charge >= 0.3 is 0 Å². The molecule has 10 rings (SSSR count). The maximum Gasteiger partial charge on any atom is 0.265 e. The summed E-state index contributed by atoms with van der Waals surface area (Å²) in [5, 5.41) is 6.71. The average molecular weight is 833 g/mol. The third-order valence-electron chi connectivity index (χ3n) is 12.9. The van der Waals surface area contributed by atoms with Crippen molar-refractivity contribution >= 4 is 40.9 Å². The van der Waals surface area contributed by atoms with E-state index in [-0.39, 0.29) is 30.0 Å². The second kappa shape index (κ2) is 15.7. The smallest absolute Gasteiger partial charge is 0.265 e. The number of anilines is 2. The minimum atomic E-state index is -1.15. The predicted octanol–water partition coefficient (Wildman–Crippen LogP) is 4.74. The molecule has 1 N–H and O–H groups in total. The average Bonchev–Trinajstić information content (AvgIpc) is 3.98. The number of halogens is 3. The highest BCUT2D eigenvalue weighted by Gasteiger charge is 2.46. The van der Waals surface area contributed by atoms with Crippen LogP contribution in [0.1, 0.15) is 76.4 Å². The van der Waals surface area contributed by atoms with Gasteiger partial charge in [-0.25, -0.2) is 27.7 Å². The fourth-order valence-corrected chi connectivity index (χ4v) is 9.80. The Morgan fingerprint density at radius 3 is 2.34 bits per heavy atom. The van der Waals surface area contributed by atoms with Gasteiger partial charge in [-0.2, -0.15) is 5.10 Å². The number of carbonyl (C=O) groups excluding carboxylic acids is 4. The summed E-state index contributed by atoms with van der Waals surface area (Å²) >= 11 is 0. The Kier molecular flexibility index (Phi) is 10.0. The van der Waals surface area contributed by atoms with Crippen molar-refractivity contribution in [2.45, 2.75) is 63.2 Å². The molecule has 5 aliphatic heterocycles. The third kappa shape index (κ3) is 7.18. The van der Waals surface area contributed by atoms with Crippen LogP contribution in [-0.2, 0) is 16.1 Å². The number of imide groups is 2. The Balaban J connectivity index is 0.756. The van der Waals surface area contributed by atoms with E-state index in [2.05, 4.69) is 30.0 Å². The number of carbonyl (C=O) groups is 4. The first-order valence-corrected chi connectivity index (χ1v) is 20.9. The predicted molar refractivity (Wildman–Crippen MR) is 217 cm³/mol. The van der Waals surface area contributed by atoms with Gasteiger partial charge in [0, 0.05) is 69.6 Å². The zero-order chi connectivity index (χ0) is 41.9. The molecule has 17 heteroatoms. The molecular formula is C44H43F3N10O4. The van der Waals surface area contributed by atoms with Crippen molar-refractivity contribution in [1.29, 1.82) is 0 Å². The van der Waals surface area contributed by atoms with Gasteiger partial charge in [0.05, 0.1) is 34.6 Å². The second-order valence-corrected chi connectivity index (χ2v) is 16.5. The van der Waals surface area contributed by atoms with E-state index in [4.69, 9.17) is 9.97 Å². The molecule has 8 heterocycles. The number of aromatic nitrogens is 4. The van der Waals surface area contributed by atoms with Crippen molar-refractivity contribution in [1.82, 2.24) is 39.6 Å². The van der Waals surface area contributed by atoms with Gasteiger partial charge in [0.2, 0.25) is 11.8 Å². The number of hydrogen-bond acceptors (Lipinski definition) is 11. The molecule has 2 aromatic carbocycles. The Hall–Kier alpha value is -6.20. The van der Waals surface area contributed by atoms with Crippen molar-refractivity contribution in [2.75, 3.05) is 55.6 Å². The molecule has 0 aliphatic carbocycles.